The number of nitrogens with zero attached hydrogens (tertiary/aromatic N) is 2. The lowest BCUT2D eigenvalue weighted by Crippen LogP contribution is -2.03. The van der Waals surface area contributed by atoms with Crippen molar-refractivity contribution in [2.45, 2.75) is 13.8 Å². The second kappa shape index (κ2) is 3.92. The summed E-state index contributed by atoms with van der Waals surface area (Å²) in [6.45, 7) is 3.43. The Morgan fingerprint density at radius 1 is 1.25 bits per heavy atom. The summed E-state index contributed by atoms with van der Waals surface area (Å²) in [5.74, 6) is 1.44. The van der Waals surface area contributed by atoms with Gasteiger partial charge in [-0.1, -0.05) is 0 Å². The van der Waals surface area contributed by atoms with E-state index < -0.39 is 5.82 Å². The smallest absolute Gasteiger partial charge is 0.198 e. The molecule has 2 aromatic heterocycles. The van der Waals surface area contributed by atoms with Crippen molar-refractivity contribution >= 4 is 5.82 Å². The van der Waals surface area contributed by atoms with Crippen molar-refractivity contribution in [3.05, 3.63) is 29.4 Å². The maximum atomic E-state index is 13.5. The molecule has 0 unspecified atom stereocenters. The summed E-state index contributed by atoms with van der Waals surface area (Å²) in [7, 11) is 1.61. The van der Waals surface area contributed by atoms with Gasteiger partial charge < -0.3 is 9.73 Å². The molecule has 0 aliphatic rings. The largest absolute Gasteiger partial charge is 0.458 e. The van der Waals surface area contributed by atoms with E-state index in [2.05, 4.69) is 15.3 Å². The molecule has 0 spiro atoms. The predicted octanol–water partition coefficient (Wildman–Crippen LogP) is 2.53. The lowest BCUT2D eigenvalue weighted by molar-refractivity contribution is 0.541. The summed E-state index contributed by atoms with van der Waals surface area (Å²) in [5, 5.41) is 2.69. The standard InChI is InChI=1S/C11H12FN3O/c1-6-4-5-8(16-6)10-14-7(2)9(12)11(13-3)15-10/h4-5H,1-3H3,(H,13,14,15). The fourth-order valence-electron chi connectivity index (χ4n) is 1.39. The third kappa shape index (κ3) is 1.76. The lowest BCUT2D eigenvalue weighted by atomic mass is 10.3. The SMILES string of the molecule is CNc1nc(-c2ccc(C)o2)nc(C)c1F. The maximum absolute atomic E-state index is 13.5. The van der Waals surface area contributed by atoms with Gasteiger partial charge in [0.25, 0.3) is 0 Å². The summed E-state index contributed by atoms with van der Waals surface area (Å²) >= 11 is 0. The molecule has 0 bridgehead atoms. The lowest BCUT2D eigenvalue weighted by Gasteiger charge is -2.05. The number of halogens is 1. The van der Waals surface area contributed by atoms with Gasteiger partial charge in [-0.3, -0.25) is 0 Å². The Bertz CT molecular complexity index is 522. The third-order valence-corrected chi connectivity index (χ3v) is 2.21. The fourth-order valence-corrected chi connectivity index (χ4v) is 1.39. The zero-order valence-corrected chi connectivity index (χ0v) is 9.34. The summed E-state index contributed by atoms with van der Waals surface area (Å²) in [6, 6.07) is 3.58. The number of nitrogens with one attached hydrogen (secondary N) is 1. The molecule has 0 atom stereocenters. The van der Waals surface area contributed by atoms with Crippen LogP contribution >= 0.6 is 0 Å². The van der Waals surface area contributed by atoms with Gasteiger partial charge in [0.2, 0.25) is 0 Å². The van der Waals surface area contributed by atoms with Gasteiger partial charge in [0.15, 0.2) is 23.2 Å². The molecule has 2 aromatic rings. The van der Waals surface area contributed by atoms with Crippen molar-refractivity contribution < 1.29 is 8.81 Å². The molecule has 0 fully saturated rings. The molecule has 0 aliphatic carbocycles. The highest BCUT2D eigenvalue weighted by atomic mass is 19.1. The molecular weight excluding hydrogens is 209 g/mol. The molecule has 4 nitrogen and oxygen atoms in total. The fraction of sp³-hybridized carbons (Fsp3) is 0.273. The van der Waals surface area contributed by atoms with Crippen molar-refractivity contribution in [2.75, 3.05) is 12.4 Å². The van der Waals surface area contributed by atoms with Crippen LogP contribution in [0.25, 0.3) is 11.6 Å². The van der Waals surface area contributed by atoms with Gasteiger partial charge in [0, 0.05) is 7.05 Å². The van der Waals surface area contributed by atoms with Crippen LogP contribution in [0.2, 0.25) is 0 Å². The van der Waals surface area contributed by atoms with Crippen LogP contribution in [0.3, 0.4) is 0 Å². The van der Waals surface area contributed by atoms with Crippen molar-refractivity contribution in [2.24, 2.45) is 0 Å². The molecule has 2 rings (SSSR count). The minimum Gasteiger partial charge on any atom is -0.458 e. The van der Waals surface area contributed by atoms with Crippen LogP contribution in [-0.2, 0) is 0 Å². The highest BCUT2D eigenvalue weighted by molar-refractivity contribution is 5.52. The molecule has 0 radical (unpaired) electrons. The minimum atomic E-state index is -0.436. The first kappa shape index (κ1) is 10.6. The number of furan rings is 1. The van der Waals surface area contributed by atoms with Crippen LogP contribution in [-0.4, -0.2) is 17.0 Å². The summed E-state index contributed by atoms with van der Waals surface area (Å²) < 4.78 is 18.9. The Hall–Kier alpha value is -1.91. The molecular formula is C11H12FN3O. The molecule has 0 aliphatic heterocycles. The zero-order valence-electron chi connectivity index (χ0n) is 9.34. The van der Waals surface area contributed by atoms with Gasteiger partial charge in [-0.05, 0) is 26.0 Å². The highest BCUT2D eigenvalue weighted by Crippen LogP contribution is 2.22. The van der Waals surface area contributed by atoms with Gasteiger partial charge in [-0.2, -0.15) is 0 Å². The number of hydrogen-bond acceptors (Lipinski definition) is 4. The zero-order chi connectivity index (χ0) is 11.7. The number of rotatable bonds is 2. The van der Waals surface area contributed by atoms with Crippen LogP contribution in [0.4, 0.5) is 10.2 Å². The molecule has 0 amide bonds. The van der Waals surface area contributed by atoms with Crippen molar-refractivity contribution in [3.8, 4) is 11.6 Å². The summed E-state index contributed by atoms with van der Waals surface area (Å²) in [5.41, 5.74) is 0.295. The Morgan fingerprint density at radius 3 is 2.56 bits per heavy atom. The summed E-state index contributed by atoms with van der Waals surface area (Å²) in [6.07, 6.45) is 0. The van der Waals surface area contributed by atoms with Crippen molar-refractivity contribution in [1.29, 1.82) is 0 Å². The third-order valence-electron chi connectivity index (χ3n) is 2.21. The van der Waals surface area contributed by atoms with E-state index in [0.29, 0.717) is 17.3 Å². The molecule has 84 valence electrons. The van der Waals surface area contributed by atoms with E-state index in [-0.39, 0.29) is 5.82 Å². The quantitative estimate of drug-likeness (QED) is 0.846. The number of anilines is 1. The van der Waals surface area contributed by atoms with Crippen LogP contribution in [0.15, 0.2) is 16.5 Å². The predicted molar refractivity (Wildman–Crippen MR) is 58.7 cm³/mol. The van der Waals surface area contributed by atoms with Crippen LogP contribution in [0, 0.1) is 19.7 Å². The second-order valence-corrected chi connectivity index (χ2v) is 3.46. The molecule has 0 saturated heterocycles. The van der Waals surface area contributed by atoms with Gasteiger partial charge in [0.05, 0.1) is 5.69 Å². The first-order chi connectivity index (χ1) is 7.61. The normalized spacial score (nSPS) is 10.5. The average Bonchev–Trinajstić information content (AvgIpc) is 2.69. The number of aryl methyl sites for hydroxylation is 2. The van der Waals surface area contributed by atoms with Crippen molar-refractivity contribution in [3.63, 3.8) is 0 Å². The first-order valence-electron chi connectivity index (χ1n) is 4.90. The first-order valence-corrected chi connectivity index (χ1v) is 4.90. The van der Waals surface area contributed by atoms with E-state index in [1.807, 2.05) is 13.0 Å². The van der Waals surface area contributed by atoms with Gasteiger partial charge in [-0.15, -0.1) is 0 Å². The van der Waals surface area contributed by atoms with E-state index in [0.717, 1.165) is 5.76 Å². The highest BCUT2D eigenvalue weighted by Gasteiger charge is 2.13. The molecule has 16 heavy (non-hydrogen) atoms. The number of hydrogen-bond donors (Lipinski definition) is 1. The monoisotopic (exact) mass is 221 g/mol. The molecule has 5 heteroatoms. The van der Waals surface area contributed by atoms with E-state index in [9.17, 15) is 4.39 Å². The van der Waals surface area contributed by atoms with Gasteiger partial charge in [-0.25, -0.2) is 14.4 Å². The molecule has 0 aromatic carbocycles. The molecule has 2 heterocycles. The topological polar surface area (TPSA) is 51.0 Å². The molecule has 0 saturated carbocycles. The Labute approximate surface area is 92.5 Å². The van der Waals surface area contributed by atoms with Gasteiger partial charge in [0.1, 0.15) is 5.76 Å². The Balaban J connectivity index is 2.54. The van der Waals surface area contributed by atoms with Crippen molar-refractivity contribution in [1.82, 2.24) is 9.97 Å². The van der Waals surface area contributed by atoms with E-state index in [1.54, 1.807) is 20.0 Å². The van der Waals surface area contributed by atoms with Gasteiger partial charge >= 0.3 is 0 Å². The Morgan fingerprint density at radius 2 is 2.00 bits per heavy atom. The molecule has 1 N–H and O–H groups in total. The van der Waals surface area contributed by atoms with E-state index in [4.69, 9.17) is 4.42 Å². The van der Waals surface area contributed by atoms with Crippen LogP contribution in [0.5, 0.6) is 0 Å². The summed E-state index contributed by atoms with van der Waals surface area (Å²) in [4.78, 5) is 8.09. The van der Waals surface area contributed by atoms with E-state index in [1.165, 1.54) is 0 Å². The van der Waals surface area contributed by atoms with Crippen LogP contribution in [0.1, 0.15) is 11.5 Å². The van der Waals surface area contributed by atoms with Crippen LogP contribution < -0.4 is 5.32 Å². The Kier molecular flexibility index (Phi) is 2.60. The number of aromatic nitrogens is 2. The van der Waals surface area contributed by atoms with E-state index >= 15 is 0 Å². The average molecular weight is 221 g/mol. The second-order valence-electron chi connectivity index (χ2n) is 3.46. The maximum Gasteiger partial charge on any atom is 0.198 e. The minimum absolute atomic E-state index is 0.177.